The molecule has 0 unspecified atom stereocenters. The van der Waals surface area contributed by atoms with Crippen LogP contribution in [0.1, 0.15) is 62.5 Å². The molecule has 3 heterocycles. The molecule has 2 aromatic rings. The number of hydrogen-bond donors (Lipinski definition) is 1. The highest BCUT2D eigenvalue weighted by atomic mass is 16.7. The van der Waals surface area contributed by atoms with Gasteiger partial charge in [-0.15, -0.1) is 0 Å². The van der Waals surface area contributed by atoms with Gasteiger partial charge in [0.25, 0.3) is 11.8 Å². The molecule has 1 fully saturated rings. The lowest BCUT2D eigenvalue weighted by atomic mass is 10.0. The Labute approximate surface area is 217 Å². The Kier molecular flexibility index (Phi) is 8.13. The third-order valence-electron chi connectivity index (χ3n) is 6.51. The van der Waals surface area contributed by atoms with E-state index in [0.29, 0.717) is 48.9 Å². The van der Waals surface area contributed by atoms with E-state index in [1.165, 1.54) is 12.0 Å². The number of amidine groups is 1. The fraction of sp³-hybridized carbons (Fsp3) is 0.393. The van der Waals surface area contributed by atoms with Crippen LogP contribution in [-0.4, -0.2) is 64.1 Å². The third kappa shape index (κ3) is 5.77. The summed E-state index contributed by atoms with van der Waals surface area (Å²) in [5.41, 5.74) is 10.1. The molecular formula is C28H33N5O4. The molecule has 2 amide bonds. The van der Waals surface area contributed by atoms with E-state index in [-0.39, 0.29) is 30.1 Å². The van der Waals surface area contributed by atoms with Crippen molar-refractivity contribution in [1.29, 1.82) is 0 Å². The zero-order valence-electron chi connectivity index (χ0n) is 21.6. The Morgan fingerprint density at radius 3 is 2.62 bits per heavy atom. The molecule has 0 aliphatic carbocycles. The maximum Gasteiger partial charge on any atom is 0.273 e. The molecule has 2 aliphatic heterocycles. The summed E-state index contributed by atoms with van der Waals surface area (Å²) in [6, 6.07) is 8.86. The molecule has 1 aromatic carbocycles. The number of likely N-dealkylation sites (tertiary alicyclic amines) is 1. The number of hydrogen-bond acceptors (Lipinski definition) is 7. The van der Waals surface area contributed by atoms with Gasteiger partial charge < -0.3 is 10.6 Å². The minimum Gasteiger partial charge on any atom is -0.387 e. The van der Waals surface area contributed by atoms with Crippen LogP contribution in [-0.2, 0) is 14.4 Å². The average molecular weight is 504 g/mol. The van der Waals surface area contributed by atoms with Crippen molar-refractivity contribution in [1.82, 2.24) is 14.9 Å². The van der Waals surface area contributed by atoms with E-state index in [1.54, 1.807) is 17.2 Å². The number of ketones is 1. The quantitative estimate of drug-likeness (QED) is 0.546. The van der Waals surface area contributed by atoms with Crippen LogP contribution in [0.3, 0.4) is 0 Å². The van der Waals surface area contributed by atoms with E-state index < -0.39 is 0 Å². The monoisotopic (exact) mass is 503 g/mol. The first-order chi connectivity index (χ1) is 17.8. The van der Waals surface area contributed by atoms with Crippen molar-refractivity contribution in [2.45, 2.75) is 52.5 Å². The predicted octanol–water partition coefficient (Wildman–Crippen LogP) is 3.91. The molecule has 0 saturated carbocycles. The number of pyridine rings is 1. The maximum absolute atomic E-state index is 13.1. The summed E-state index contributed by atoms with van der Waals surface area (Å²) in [6.45, 7) is 6.81. The van der Waals surface area contributed by atoms with Crippen molar-refractivity contribution in [2.24, 2.45) is 10.7 Å². The molecule has 0 bridgehead atoms. The molecule has 1 atom stereocenters. The number of aliphatic imine (C=N–C) groups is 1. The summed E-state index contributed by atoms with van der Waals surface area (Å²) in [4.78, 5) is 54.0. The molecular weight excluding hydrogens is 470 g/mol. The lowest BCUT2D eigenvalue weighted by Crippen LogP contribution is -2.39. The molecule has 194 valence electrons. The van der Waals surface area contributed by atoms with Crippen LogP contribution in [0.15, 0.2) is 47.1 Å². The largest absolute Gasteiger partial charge is 0.387 e. The normalized spacial score (nSPS) is 16.9. The second kappa shape index (κ2) is 11.5. The van der Waals surface area contributed by atoms with Gasteiger partial charge in [0.1, 0.15) is 11.5 Å². The number of Topliss-reactive ketones (excluding diaryl/α,β-unsaturated/α-hetero) is 1. The van der Waals surface area contributed by atoms with Crippen LogP contribution >= 0.6 is 0 Å². The van der Waals surface area contributed by atoms with Crippen molar-refractivity contribution >= 4 is 35.2 Å². The summed E-state index contributed by atoms with van der Waals surface area (Å²) in [5.74, 6) is -0.0985. The Balaban J connectivity index is 1.57. The van der Waals surface area contributed by atoms with Crippen molar-refractivity contribution in [3.63, 3.8) is 0 Å². The van der Waals surface area contributed by atoms with Gasteiger partial charge in [-0.05, 0) is 56.9 Å². The number of hydroxylamine groups is 2. The molecule has 1 aromatic heterocycles. The Morgan fingerprint density at radius 1 is 1.16 bits per heavy atom. The van der Waals surface area contributed by atoms with Crippen LogP contribution in [0.4, 0.5) is 5.69 Å². The van der Waals surface area contributed by atoms with E-state index in [0.717, 1.165) is 29.5 Å². The first-order valence-corrected chi connectivity index (χ1v) is 12.7. The molecule has 2 N–H and O–H groups in total. The Bertz CT molecular complexity index is 1250. The molecule has 9 heteroatoms. The molecule has 0 spiro atoms. The van der Waals surface area contributed by atoms with Crippen LogP contribution in [0.25, 0.3) is 17.2 Å². The minimum atomic E-state index is -0.366. The van der Waals surface area contributed by atoms with Crippen LogP contribution in [0.5, 0.6) is 0 Å². The van der Waals surface area contributed by atoms with Gasteiger partial charge in [-0.25, -0.2) is 10.1 Å². The van der Waals surface area contributed by atoms with Gasteiger partial charge >= 0.3 is 0 Å². The van der Waals surface area contributed by atoms with Crippen molar-refractivity contribution in [3.8, 4) is 11.1 Å². The lowest BCUT2D eigenvalue weighted by molar-refractivity contribution is -0.180. The van der Waals surface area contributed by atoms with Gasteiger partial charge in [0.2, 0.25) is 0 Å². The van der Waals surface area contributed by atoms with Crippen LogP contribution < -0.4 is 5.73 Å². The first kappa shape index (κ1) is 26.2. The summed E-state index contributed by atoms with van der Waals surface area (Å²) in [5, 5.41) is 1.38. The molecule has 0 radical (unpaired) electrons. The average Bonchev–Trinajstić information content (AvgIpc) is 3.32. The van der Waals surface area contributed by atoms with Gasteiger partial charge in [0.15, 0.2) is 5.78 Å². The highest BCUT2D eigenvalue weighted by molar-refractivity contribution is 6.05. The Hall–Kier alpha value is -3.85. The van der Waals surface area contributed by atoms with E-state index in [1.807, 2.05) is 44.2 Å². The smallest absolute Gasteiger partial charge is 0.273 e. The molecule has 9 nitrogen and oxygen atoms in total. The fourth-order valence-electron chi connectivity index (χ4n) is 4.72. The van der Waals surface area contributed by atoms with E-state index in [2.05, 4.69) is 9.98 Å². The fourth-order valence-corrected chi connectivity index (χ4v) is 4.72. The number of fused-ring (bicyclic) bond motifs is 1. The number of amides is 2. The number of benzene rings is 1. The second-order valence-corrected chi connectivity index (χ2v) is 9.25. The topological polar surface area (TPSA) is 118 Å². The predicted molar refractivity (Wildman–Crippen MR) is 142 cm³/mol. The number of rotatable bonds is 8. The summed E-state index contributed by atoms with van der Waals surface area (Å²) >= 11 is 0. The second-order valence-electron chi connectivity index (χ2n) is 9.25. The summed E-state index contributed by atoms with van der Waals surface area (Å²) < 4.78 is 0. The Morgan fingerprint density at radius 2 is 1.95 bits per heavy atom. The van der Waals surface area contributed by atoms with Crippen molar-refractivity contribution in [3.05, 3.63) is 53.4 Å². The number of carbonyl (C=O) groups excluding carboxylic acids is 3. The minimum absolute atomic E-state index is 0.00199. The van der Waals surface area contributed by atoms with Gasteiger partial charge in [-0.3, -0.25) is 24.2 Å². The highest BCUT2D eigenvalue weighted by Crippen LogP contribution is 2.32. The van der Waals surface area contributed by atoms with Gasteiger partial charge in [-0.2, -0.15) is 0 Å². The zero-order valence-corrected chi connectivity index (χ0v) is 21.6. The number of carbonyl (C=O) groups is 3. The highest BCUT2D eigenvalue weighted by Gasteiger charge is 2.32. The van der Waals surface area contributed by atoms with Crippen molar-refractivity contribution < 1.29 is 19.2 Å². The van der Waals surface area contributed by atoms with Gasteiger partial charge in [0.05, 0.1) is 18.3 Å². The van der Waals surface area contributed by atoms with Crippen LogP contribution in [0, 0.1) is 0 Å². The van der Waals surface area contributed by atoms with E-state index in [4.69, 9.17) is 10.6 Å². The molecule has 37 heavy (non-hydrogen) atoms. The lowest BCUT2D eigenvalue weighted by Gasteiger charge is -2.22. The molecule has 1 saturated heterocycles. The van der Waals surface area contributed by atoms with E-state index in [9.17, 15) is 14.4 Å². The molecule has 4 rings (SSSR count). The standard InChI is InChI=1S/C28H33N5O4/c1-4-12-33(37-5-2)27(35)22-14-20-9-8-19(15-24(20)31-26(29)16-22)21-10-11-23(30-17-21)28(36)32-13-6-7-25(32)18(3)34/h8-11,14-15,17,25H,4-7,12-13,16H2,1-3H3,(H2,29,31)/t25-/m0/s1. The number of nitrogens with zero attached hydrogens (tertiary/aromatic N) is 4. The van der Waals surface area contributed by atoms with E-state index >= 15 is 0 Å². The summed E-state index contributed by atoms with van der Waals surface area (Å²) in [7, 11) is 0. The zero-order chi connectivity index (χ0) is 26.5. The summed E-state index contributed by atoms with van der Waals surface area (Å²) in [6.07, 6.45) is 5.97. The van der Waals surface area contributed by atoms with Gasteiger partial charge in [-0.1, -0.05) is 25.1 Å². The first-order valence-electron chi connectivity index (χ1n) is 12.7. The SMILES string of the molecule is CCCN(OCC)C(=O)C1=Cc2ccc(-c3ccc(C(=O)N4CCC[C@H]4C(C)=O)nc3)cc2N=C(N)C1. The van der Waals surface area contributed by atoms with Gasteiger partial charge in [0, 0.05) is 42.4 Å². The number of nitrogens with two attached hydrogens (primary N) is 1. The maximum atomic E-state index is 13.1. The van der Waals surface area contributed by atoms with Crippen molar-refractivity contribution in [2.75, 3.05) is 19.7 Å². The third-order valence-corrected chi connectivity index (χ3v) is 6.51. The van der Waals surface area contributed by atoms with Crippen LogP contribution in [0.2, 0.25) is 0 Å². The number of aromatic nitrogens is 1. The molecule has 2 aliphatic rings.